The molecule has 0 radical (unpaired) electrons. The number of H-pyrrole nitrogens is 2. The Morgan fingerprint density at radius 1 is 0.690 bits per heavy atom. The highest BCUT2D eigenvalue weighted by atomic mass is 35.5. The lowest BCUT2D eigenvalue weighted by Crippen LogP contribution is -2.21. The van der Waals surface area contributed by atoms with Crippen molar-refractivity contribution >= 4 is 34.6 Å². The SMILES string of the molecule is COc1cc2c(cc1OCC(O)CO)Cc1c-2n[nH]c1Nc1ccc(F)c(Cl)c1.COc1cccc(Nc2[nH]nc3c2Cc2cc(OCC(O)CO)c(OC)cc2-3)c1. The number of benzene rings is 4. The first-order valence-electron chi connectivity index (χ1n) is 18.2. The van der Waals surface area contributed by atoms with E-state index in [1.165, 1.54) is 19.2 Å². The van der Waals surface area contributed by atoms with Gasteiger partial charge >= 0.3 is 0 Å². The second-order valence-corrected chi connectivity index (χ2v) is 13.8. The molecule has 0 fully saturated rings. The Morgan fingerprint density at radius 3 is 1.67 bits per heavy atom. The van der Waals surface area contributed by atoms with E-state index in [2.05, 4.69) is 31.0 Å². The Hall–Kier alpha value is -6.04. The number of nitrogens with one attached hydrogen (secondary N) is 4. The van der Waals surface area contributed by atoms with Crippen LogP contribution in [0.1, 0.15) is 22.3 Å². The van der Waals surface area contributed by atoms with E-state index in [4.69, 9.17) is 45.5 Å². The number of hydrogen-bond donors (Lipinski definition) is 8. The fourth-order valence-electron chi connectivity index (χ4n) is 6.63. The molecule has 0 spiro atoms. The van der Waals surface area contributed by atoms with Crippen molar-refractivity contribution in [3.05, 3.63) is 99.8 Å². The number of anilines is 4. The Kier molecular flexibility index (Phi) is 12.2. The van der Waals surface area contributed by atoms with E-state index in [9.17, 15) is 14.6 Å². The number of hydrogen-bond acceptors (Lipinski definition) is 13. The van der Waals surface area contributed by atoms with Crippen LogP contribution in [0.4, 0.5) is 27.4 Å². The van der Waals surface area contributed by atoms with Gasteiger partial charge in [0.2, 0.25) is 0 Å². The van der Waals surface area contributed by atoms with Gasteiger partial charge < -0.3 is 54.7 Å². The molecule has 0 amide bonds. The first kappa shape index (κ1) is 40.2. The maximum absolute atomic E-state index is 13.4. The zero-order valence-electron chi connectivity index (χ0n) is 31.7. The Morgan fingerprint density at radius 2 is 1.21 bits per heavy atom. The van der Waals surface area contributed by atoms with Crippen LogP contribution in [-0.2, 0) is 12.8 Å². The van der Waals surface area contributed by atoms with Gasteiger partial charge in [0, 0.05) is 52.5 Å². The van der Waals surface area contributed by atoms with Crippen LogP contribution in [0.15, 0.2) is 66.7 Å². The van der Waals surface area contributed by atoms with Crippen LogP contribution in [0.3, 0.4) is 0 Å². The van der Waals surface area contributed by atoms with Crippen molar-refractivity contribution in [2.45, 2.75) is 25.0 Å². The number of halogens is 2. The molecule has 304 valence electrons. The molecule has 58 heavy (non-hydrogen) atoms. The lowest BCUT2D eigenvalue weighted by Gasteiger charge is -2.14. The van der Waals surface area contributed by atoms with Crippen molar-refractivity contribution in [1.29, 1.82) is 0 Å². The summed E-state index contributed by atoms with van der Waals surface area (Å²) in [5.41, 5.74) is 9.12. The molecule has 0 bridgehead atoms. The van der Waals surface area contributed by atoms with Gasteiger partial charge in [-0.1, -0.05) is 17.7 Å². The van der Waals surface area contributed by atoms with E-state index >= 15 is 0 Å². The maximum Gasteiger partial charge on any atom is 0.161 e. The molecule has 2 aliphatic carbocycles. The van der Waals surface area contributed by atoms with Crippen LogP contribution < -0.4 is 34.3 Å². The molecule has 0 saturated heterocycles. The van der Waals surface area contributed by atoms with E-state index in [0.29, 0.717) is 47.3 Å². The van der Waals surface area contributed by atoms with Gasteiger partial charge in [0.1, 0.15) is 48.6 Å². The molecule has 8 N–H and O–H groups in total. The van der Waals surface area contributed by atoms with Crippen molar-refractivity contribution in [1.82, 2.24) is 20.4 Å². The summed E-state index contributed by atoms with van der Waals surface area (Å²) in [6, 6.07) is 19.5. The van der Waals surface area contributed by atoms with Crippen LogP contribution in [0.5, 0.6) is 28.7 Å². The summed E-state index contributed by atoms with van der Waals surface area (Å²) in [5, 5.41) is 58.5. The zero-order valence-corrected chi connectivity index (χ0v) is 32.5. The molecule has 2 aliphatic rings. The number of aromatic nitrogens is 4. The molecule has 0 saturated carbocycles. The van der Waals surface area contributed by atoms with Gasteiger partial charge in [-0.3, -0.25) is 10.2 Å². The third-order valence-electron chi connectivity index (χ3n) is 9.57. The van der Waals surface area contributed by atoms with Crippen LogP contribution in [0, 0.1) is 5.82 Å². The first-order valence-corrected chi connectivity index (χ1v) is 18.5. The second-order valence-electron chi connectivity index (χ2n) is 13.4. The van der Waals surface area contributed by atoms with Crippen molar-refractivity contribution < 1.29 is 48.5 Å². The topological polar surface area (TPSA) is 208 Å². The summed E-state index contributed by atoms with van der Waals surface area (Å²) in [6.07, 6.45) is -0.637. The summed E-state index contributed by atoms with van der Waals surface area (Å²) < 4.78 is 40.8. The molecule has 17 heteroatoms. The molecule has 15 nitrogen and oxygen atoms in total. The number of aliphatic hydroxyl groups excluding tert-OH is 4. The third-order valence-corrected chi connectivity index (χ3v) is 9.86. The number of rotatable bonds is 15. The molecule has 4 aromatic carbocycles. The minimum atomic E-state index is -0.970. The predicted molar refractivity (Wildman–Crippen MR) is 215 cm³/mol. The van der Waals surface area contributed by atoms with Crippen LogP contribution in [0.25, 0.3) is 22.5 Å². The van der Waals surface area contributed by atoms with Gasteiger partial charge in [0.25, 0.3) is 0 Å². The number of ether oxygens (including phenoxy) is 5. The van der Waals surface area contributed by atoms with Crippen LogP contribution >= 0.6 is 11.6 Å². The highest BCUT2D eigenvalue weighted by Crippen LogP contribution is 2.46. The molecule has 6 aromatic rings. The Labute approximate surface area is 337 Å². The van der Waals surface area contributed by atoms with Gasteiger partial charge in [0.15, 0.2) is 23.0 Å². The Bertz CT molecular complexity index is 2410. The van der Waals surface area contributed by atoms with E-state index in [0.717, 1.165) is 62.0 Å². The van der Waals surface area contributed by atoms with Gasteiger partial charge in [-0.05, 0) is 65.7 Å². The van der Waals surface area contributed by atoms with E-state index in [1.54, 1.807) is 20.3 Å². The zero-order chi connectivity index (χ0) is 40.9. The number of aromatic amines is 2. The van der Waals surface area contributed by atoms with Crippen LogP contribution in [0.2, 0.25) is 5.02 Å². The van der Waals surface area contributed by atoms with Gasteiger partial charge in [-0.15, -0.1) is 0 Å². The van der Waals surface area contributed by atoms with Gasteiger partial charge in [-0.25, -0.2) is 4.39 Å². The molecule has 2 aromatic heterocycles. The standard InChI is InChI=1S/C21H23N3O5.C20H19ClFN3O4/c1-27-15-5-3-4-13(8-15)22-21-17-6-12-7-19(29-11-14(26)10-25)18(28-2)9-16(12)20(17)23-24-21;1-28-17-7-13-10(5-18(17)29-9-12(27)8-26)4-14-19(13)24-25-20(14)23-11-2-3-16(22)15(21)6-11/h3-5,7-9,14,25-26H,6,10-11H2,1-2H3,(H2,22,23,24);2-3,5-7,12,26-27H,4,8-9H2,1H3,(H2,23,24,25). The van der Waals surface area contributed by atoms with E-state index < -0.39 is 18.0 Å². The average Bonchev–Trinajstić information content (AvgIpc) is 4.01. The number of fused-ring (bicyclic) bond motifs is 6. The number of aliphatic hydroxyl groups is 4. The summed E-state index contributed by atoms with van der Waals surface area (Å²) in [6.45, 7) is -0.804. The maximum atomic E-state index is 13.4. The molecular formula is C41H42ClFN6O9. The minimum absolute atomic E-state index is 0.0144. The second kappa shape index (κ2) is 17.6. The largest absolute Gasteiger partial charge is 0.497 e. The number of methoxy groups -OCH3 is 3. The fourth-order valence-corrected chi connectivity index (χ4v) is 6.81. The molecule has 8 rings (SSSR count). The highest BCUT2D eigenvalue weighted by molar-refractivity contribution is 6.31. The average molecular weight is 817 g/mol. The summed E-state index contributed by atoms with van der Waals surface area (Å²) in [5.74, 6) is 3.86. The molecule has 2 heterocycles. The van der Waals surface area contributed by atoms with E-state index in [1.807, 2.05) is 48.5 Å². The van der Waals surface area contributed by atoms with Crippen molar-refractivity contribution in [3.63, 3.8) is 0 Å². The number of nitrogens with zero attached hydrogens (tertiary/aromatic N) is 2. The van der Waals surface area contributed by atoms with Crippen molar-refractivity contribution in [2.24, 2.45) is 0 Å². The van der Waals surface area contributed by atoms with Crippen molar-refractivity contribution in [3.8, 4) is 51.3 Å². The highest BCUT2D eigenvalue weighted by Gasteiger charge is 2.29. The van der Waals surface area contributed by atoms with Gasteiger partial charge in [-0.2, -0.15) is 10.2 Å². The summed E-state index contributed by atoms with van der Waals surface area (Å²) in [7, 11) is 4.73. The smallest absolute Gasteiger partial charge is 0.161 e. The minimum Gasteiger partial charge on any atom is -0.497 e. The summed E-state index contributed by atoms with van der Waals surface area (Å²) in [4.78, 5) is 0. The predicted octanol–water partition coefficient (Wildman–Crippen LogP) is 5.73. The van der Waals surface area contributed by atoms with Crippen LogP contribution in [-0.4, -0.2) is 101 Å². The fraction of sp³-hybridized carbons (Fsp3) is 0.268. The monoisotopic (exact) mass is 816 g/mol. The molecular weight excluding hydrogens is 775 g/mol. The lowest BCUT2D eigenvalue weighted by atomic mass is 10.1. The van der Waals surface area contributed by atoms with Crippen molar-refractivity contribution in [2.75, 3.05) is 58.4 Å². The van der Waals surface area contributed by atoms with Gasteiger partial charge in [0.05, 0.1) is 51.0 Å². The summed E-state index contributed by atoms with van der Waals surface area (Å²) >= 11 is 5.86. The first-order chi connectivity index (χ1) is 28.1. The normalized spacial score (nSPS) is 12.9. The molecule has 2 atom stereocenters. The Balaban J connectivity index is 0.000000177. The molecule has 2 unspecified atom stereocenters. The molecule has 0 aliphatic heterocycles. The third kappa shape index (κ3) is 8.46. The lowest BCUT2D eigenvalue weighted by molar-refractivity contribution is 0.0527. The quantitative estimate of drug-likeness (QED) is 0.0623. The van der Waals surface area contributed by atoms with E-state index in [-0.39, 0.29) is 31.5 Å².